The monoisotopic (exact) mass is 337 g/mol. The van der Waals surface area contributed by atoms with Gasteiger partial charge in [-0.2, -0.15) is 0 Å². The zero-order chi connectivity index (χ0) is 17.6. The lowest BCUT2D eigenvalue weighted by atomic mass is 10.1. The van der Waals surface area contributed by atoms with Gasteiger partial charge in [0.2, 0.25) is 5.91 Å². The summed E-state index contributed by atoms with van der Waals surface area (Å²) in [6, 6.07) is 12.5. The molecule has 1 N–H and O–H groups in total. The fraction of sp³-hybridized carbons (Fsp3) is 0.263. The number of benzene rings is 1. The van der Waals surface area contributed by atoms with E-state index in [-0.39, 0.29) is 30.7 Å². The van der Waals surface area contributed by atoms with Crippen LogP contribution in [0.3, 0.4) is 0 Å². The molecule has 1 aliphatic rings. The molecule has 25 heavy (non-hydrogen) atoms. The molecule has 2 heterocycles. The lowest BCUT2D eigenvalue weighted by molar-refractivity contribution is -0.121. The Morgan fingerprint density at radius 3 is 2.32 bits per heavy atom. The van der Waals surface area contributed by atoms with Gasteiger partial charge in [-0.1, -0.05) is 18.2 Å². The number of carbonyl (C=O) groups is 3. The summed E-state index contributed by atoms with van der Waals surface area (Å²) in [4.78, 5) is 41.7. The van der Waals surface area contributed by atoms with Crippen molar-refractivity contribution in [2.75, 3.05) is 13.1 Å². The predicted octanol–water partition coefficient (Wildman–Crippen LogP) is 1.82. The molecule has 6 heteroatoms. The first kappa shape index (κ1) is 16.8. The molecule has 0 spiro atoms. The van der Waals surface area contributed by atoms with Crippen LogP contribution in [0.2, 0.25) is 0 Å². The summed E-state index contributed by atoms with van der Waals surface area (Å²) >= 11 is 0. The van der Waals surface area contributed by atoms with Crippen LogP contribution in [-0.4, -0.2) is 40.7 Å². The molecule has 1 aliphatic heterocycles. The molecule has 6 nitrogen and oxygen atoms in total. The number of nitrogens with zero attached hydrogens (tertiary/aromatic N) is 2. The molecule has 2 aromatic rings. The smallest absolute Gasteiger partial charge is 0.261 e. The Morgan fingerprint density at radius 2 is 1.68 bits per heavy atom. The van der Waals surface area contributed by atoms with Crippen LogP contribution in [0.5, 0.6) is 0 Å². The van der Waals surface area contributed by atoms with E-state index in [1.54, 1.807) is 30.5 Å². The second-order valence-corrected chi connectivity index (χ2v) is 5.83. The molecule has 3 rings (SSSR count). The highest BCUT2D eigenvalue weighted by Gasteiger charge is 2.34. The minimum absolute atomic E-state index is 0.0957. The quantitative estimate of drug-likeness (QED) is 0.617. The van der Waals surface area contributed by atoms with Gasteiger partial charge in [-0.05, 0) is 37.1 Å². The van der Waals surface area contributed by atoms with Crippen molar-refractivity contribution < 1.29 is 14.4 Å². The first-order chi connectivity index (χ1) is 12.2. The third-order valence-corrected chi connectivity index (χ3v) is 4.10. The van der Waals surface area contributed by atoms with Crippen LogP contribution in [0.1, 0.15) is 39.3 Å². The molecular weight excluding hydrogens is 318 g/mol. The van der Waals surface area contributed by atoms with Crippen LogP contribution in [0.25, 0.3) is 0 Å². The van der Waals surface area contributed by atoms with Gasteiger partial charge in [-0.15, -0.1) is 0 Å². The molecule has 3 amide bonds. The van der Waals surface area contributed by atoms with E-state index in [1.165, 1.54) is 0 Å². The van der Waals surface area contributed by atoms with Crippen LogP contribution < -0.4 is 5.32 Å². The molecule has 128 valence electrons. The third kappa shape index (κ3) is 3.91. The van der Waals surface area contributed by atoms with Gasteiger partial charge in [-0.3, -0.25) is 24.3 Å². The first-order valence-corrected chi connectivity index (χ1v) is 8.28. The summed E-state index contributed by atoms with van der Waals surface area (Å²) in [5.74, 6) is -0.829. The van der Waals surface area contributed by atoms with E-state index in [1.807, 2.05) is 18.2 Å². The molecular formula is C19H19N3O3. The molecule has 1 aromatic carbocycles. The molecule has 0 radical (unpaired) electrons. The summed E-state index contributed by atoms with van der Waals surface area (Å²) in [5.41, 5.74) is 1.80. The van der Waals surface area contributed by atoms with Crippen molar-refractivity contribution in [2.24, 2.45) is 0 Å². The number of aryl methyl sites for hydroxylation is 1. The maximum Gasteiger partial charge on any atom is 0.261 e. The third-order valence-electron chi connectivity index (χ3n) is 4.10. The maximum atomic E-state index is 12.2. The molecule has 0 fully saturated rings. The molecule has 0 saturated heterocycles. The summed E-state index contributed by atoms with van der Waals surface area (Å²) in [7, 11) is 0. The van der Waals surface area contributed by atoms with E-state index >= 15 is 0 Å². The minimum atomic E-state index is -0.330. The zero-order valence-corrected chi connectivity index (χ0v) is 13.8. The Kier molecular flexibility index (Phi) is 5.18. The predicted molar refractivity (Wildman–Crippen MR) is 92.0 cm³/mol. The lowest BCUT2D eigenvalue weighted by Crippen LogP contribution is -2.34. The van der Waals surface area contributed by atoms with Gasteiger partial charge in [-0.25, -0.2) is 0 Å². The zero-order valence-electron chi connectivity index (χ0n) is 13.8. The van der Waals surface area contributed by atoms with Crippen molar-refractivity contribution in [3.8, 4) is 0 Å². The summed E-state index contributed by atoms with van der Waals surface area (Å²) in [6.45, 7) is 0.635. The molecule has 0 bridgehead atoms. The fourth-order valence-electron chi connectivity index (χ4n) is 2.79. The Bertz CT molecular complexity index is 755. The number of amides is 3. The van der Waals surface area contributed by atoms with Gasteiger partial charge in [0.15, 0.2) is 0 Å². The SMILES string of the molecule is O=C(CCN1C(=O)c2ccccc2C1=O)NCCCc1ccccn1. The minimum Gasteiger partial charge on any atom is -0.356 e. The van der Waals surface area contributed by atoms with Crippen LogP contribution >= 0.6 is 0 Å². The van der Waals surface area contributed by atoms with E-state index in [0.717, 1.165) is 23.4 Å². The Balaban J connectivity index is 1.41. The number of aromatic nitrogens is 1. The van der Waals surface area contributed by atoms with Crippen LogP contribution in [0.4, 0.5) is 0 Å². The summed E-state index contributed by atoms with van der Waals surface area (Å²) in [6.07, 6.45) is 3.43. The van der Waals surface area contributed by atoms with Crippen LogP contribution in [-0.2, 0) is 11.2 Å². The first-order valence-electron chi connectivity index (χ1n) is 8.28. The van der Waals surface area contributed by atoms with Crippen molar-refractivity contribution in [3.05, 3.63) is 65.5 Å². The Hall–Kier alpha value is -3.02. The van der Waals surface area contributed by atoms with Crippen LogP contribution in [0, 0.1) is 0 Å². The highest BCUT2D eigenvalue weighted by Crippen LogP contribution is 2.22. The standard InChI is InChI=1S/C19H19N3O3/c23-17(21-12-5-7-14-6-3-4-11-20-14)10-13-22-18(24)15-8-1-2-9-16(15)19(22)25/h1-4,6,8-9,11H,5,7,10,12-13H2,(H,21,23). The number of hydrogen-bond donors (Lipinski definition) is 1. The van der Waals surface area contributed by atoms with Crippen molar-refractivity contribution in [1.82, 2.24) is 15.2 Å². The van der Waals surface area contributed by atoms with Crippen molar-refractivity contribution in [1.29, 1.82) is 0 Å². The van der Waals surface area contributed by atoms with Crippen molar-refractivity contribution in [2.45, 2.75) is 19.3 Å². The highest BCUT2D eigenvalue weighted by molar-refractivity contribution is 6.21. The van der Waals surface area contributed by atoms with Gasteiger partial charge in [0, 0.05) is 31.4 Å². The lowest BCUT2D eigenvalue weighted by Gasteiger charge is -2.13. The summed E-state index contributed by atoms with van der Waals surface area (Å²) in [5, 5.41) is 2.81. The topological polar surface area (TPSA) is 79.4 Å². The number of imide groups is 1. The second-order valence-electron chi connectivity index (χ2n) is 5.83. The summed E-state index contributed by atoms with van der Waals surface area (Å²) < 4.78 is 0. The number of pyridine rings is 1. The number of fused-ring (bicyclic) bond motifs is 1. The maximum absolute atomic E-state index is 12.2. The van der Waals surface area contributed by atoms with Gasteiger partial charge in [0.25, 0.3) is 11.8 Å². The molecule has 1 aromatic heterocycles. The van der Waals surface area contributed by atoms with E-state index in [4.69, 9.17) is 0 Å². The molecule has 0 atom stereocenters. The normalized spacial score (nSPS) is 13.0. The molecule has 0 unspecified atom stereocenters. The second kappa shape index (κ2) is 7.70. The Labute approximate surface area is 145 Å². The number of carbonyl (C=O) groups excluding carboxylic acids is 3. The largest absolute Gasteiger partial charge is 0.356 e. The molecule has 0 aliphatic carbocycles. The Morgan fingerprint density at radius 1 is 1.00 bits per heavy atom. The van der Waals surface area contributed by atoms with Gasteiger partial charge in [0.1, 0.15) is 0 Å². The van der Waals surface area contributed by atoms with Gasteiger partial charge in [0.05, 0.1) is 11.1 Å². The van der Waals surface area contributed by atoms with Gasteiger partial charge < -0.3 is 5.32 Å². The van der Waals surface area contributed by atoms with Crippen LogP contribution in [0.15, 0.2) is 48.7 Å². The average Bonchev–Trinajstić information content (AvgIpc) is 2.89. The van der Waals surface area contributed by atoms with Crippen molar-refractivity contribution >= 4 is 17.7 Å². The van der Waals surface area contributed by atoms with Crippen molar-refractivity contribution in [3.63, 3.8) is 0 Å². The van der Waals surface area contributed by atoms with E-state index in [0.29, 0.717) is 17.7 Å². The highest BCUT2D eigenvalue weighted by atomic mass is 16.2. The van der Waals surface area contributed by atoms with E-state index in [2.05, 4.69) is 10.3 Å². The van der Waals surface area contributed by atoms with E-state index in [9.17, 15) is 14.4 Å². The van der Waals surface area contributed by atoms with Gasteiger partial charge >= 0.3 is 0 Å². The van der Waals surface area contributed by atoms with E-state index < -0.39 is 0 Å². The average molecular weight is 337 g/mol. The number of nitrogens with one attached hydrogen (secondary N) is 1. The fourth-order valence-corrected chi connectivity index (χ4v) is 2.79. The number of rotatable bonds is 7. The number of hydrogen-bond acceptors (Lipinski definition) is 4. The molecule has 0 saturated carbocycles.